The Morgan fingerprint density at radius 2 is 2.23 bits per heavy atom. The van der Waals surface area contributed by atoms with Gasteiger partial charge in [-0.15, -0.1) is 0 Å². The van der Waals surface area contributed by atoms with Gasteiger partial charge >= 0.3 is 6.03 Å². The van der Waals surface area contributed by atoms with Crippen molar-refractivity contribution in [3.63, 3.8) is 0 Å². The van der Waals surface area contributed by atoms with Gasteiger partial charge in [0.15, 0.2) is 0 Å². The molecule has 1 fully saturated rings. The van der Waals surface area contributed by atoms with E-state index in [1.165, 1.54) is 19.1 Å². The Morgan fingerprint density at radius 1 is 1.45 bits per heavy atom. The van der Waals surface area contributed by atoms with Crippen LogP contribution in [0, 0.1) is 11.8 Å². The second-order valence-corrected chi connectivity index (χ2v) is 6.66. The van der Waals surface area contributed by atoms with Crippen molar-refractivity contribution in [2.75, 3.05) is 0 Å². The van der Waals surface area contributed by atoms with Crippen molar-refractivity contribution >= 4 is 6.03 Å². The Morgan fingerprint density at radius 3 is 2.91 bits per heavy atom. The Balaban J connectivity index is 1.76. The standard InChI is InChI=1S/C17H28N2O3/c1-11-6-4-7-14(13(11)3)19-17(21)18-12(2)10-15(20)16-8-5-9-22-16/h5,8-9,11-15,20H,4,6-7,10H2,1-3H3,(H2,18,19,21). The molecule has 5 heteroatoms. The predicted octanol–water partition coefficient (Wildman–Crippen LogP) is 3.22. The molecule has 5 nitrogen and oxygen atoms in total. The minimum Gasteiger partial charge on any atom is -0.467 e. The third-order valence-corrected chi connectivity index (χ3v) is 4.85. The zero-order valence-electron chi connectivity index (χ0n) is 13.7. The van der Waals surface area contributed by atoms with Crippen molar-refractivity contribution in [3.05, 3.63) is 24.2 Å². The third kappa shape index (κ3) is 4.50. The van der Waals surface area contributed by atoms with Gasteiger partial charge in [0.2, 0.25) is 0 Å². The number of carbonyl (C=O) groups is 1. The third-order valence-electron chi connectivity index (χ3n) is 4.85. The number of rotatable bonds is 5. The molecule has 3 N–H and O–H groups in total. The first-order valence-corrected chi connectivity index (χ1v) is 8.26. The van der Waals surface area contributed by atoms with Gasteiger partial charge in [-0.05, 0) is 37.3 Å². The normalized spacial score (nSPS) is 27.9. The Kier molecular flexibility index (Phi) is 5.89. The summed E-state index contributed by atoms with van der Waals surface area (Å²) in [5.74, 6) is 1.68. The molecule has 1 aliphatic rings. The van der Waals surface area contributed by atoms with E-state index >= 15 is 0 Å². The van der Waals surface area contributed by atoms with Crippen LogP contribution in [0.4, 0.5) is 4.79 Å². The maximum Gasteiger partial charge on any atom is 0.315 e. The van der Waals surface area contributed by atoms with Gasteiger partial charge in [-0.1, -0.05) is 26.7 Å². The van der Waals surface area contributed by atoms with Crippen molar-refractivity contribution in [1.29, 1.82) is 0 Å². The summed E-state index contributed by atoms with van der Waals surface area (Å²) in [7, 11) is 0. The Labute approximate surface area is 132 Å². The van der Waals surface area contributed by atoms with Gasteiger partial charge in [-0.3, -0.25) is 0 Å². The lowest BCUT2D eigenvalue weighted by molar-refractivity contribution is 0.129. The van der Waals surface area contributed by atoms with Gasteiger partial charge in [0.25, 0.3) is 0 Å². The van der Waals surface area contributed by atoms with Crippen molar-refractivity contribution in [1.82, 2.24) is 10.6 Å². The quantitative estimate of drug-likeness (QED) is 0.782. The zero-order valence-corrected chi connectivity index (χ0v) is 13.7. The van der Waals surface area contributed by atoms with Gasteiger partial charge in [0.05, 0.1) is 6.26 Å². The largest absolute Gasteiger partial charge is 0.467 e. The first kappa shape index (κ1) is 16.9. The summed E-state index contributed by atoms with van der Waals surface area (Å²) >= 11 is 0. The molecule has 22 heavy (non-hydrogen) atoms. The molecule has 1 aromatic rings. The zero-order chi connectivity index (χ0) is 16.1. The van der Waals surface area contributed by atoms with Crippen molar-refractivity contribution in [2.24, 2.45) is 11.8 Å². The fourth-order valence-corrected chi connectivity index (χ4v) is 3.21. The molecule has 0 radical (unpaired) electrons. The van der Waals surface area contributed by atoms with Crippen LogP contribution in [0.15, 0.2) is 22.8 Å². The van der Waals surface area contributed by atoms with Crippen molar-refractivity contribution in [2.45, 2.75) is 64.6 Å². The highest BCUT2D eigenvalue weighted by Crippen LogP contribution is 2.29. The highest BCUT2D eigenvalue weighted by atomic mass is 16.4. The molecule has 0 spiro atoms. The molecule has 1 heterocycles. The second kappa shape index (κ2) is 7.68. The molecular formula is C17H28N2O3. The Bertz CT molecular complexity index is 460. The second-order valence-electron chi connectivity index (χ2n) is 6.66. The van der Waals surface area contributed by atoms with Crippen molar-refractivity contribution < 1.29 is 14.3 Å². The smallest absolute Gasteiger partial charge is 0.315 e. The number of amides is 2. The van der Waals surface area contributed by atoms with Crippen LogP contribution < -0.4 is 10.6 Å². The van der Waals surface area contributed by atoms with E-state index in [-0.39, 0.29) is 18.1 Å². The van der Waals surface area contributed by atoms with Crippen LogP contribution in [0.2, 0.25) is 0 Å². The van der Waals surface area contributed by atoms with Gasteiger partial charge in [0, 0.05) is 18.5 Å². The highest BCUT2D eigenvalue weighted by molar-refractivity contribution is 5.74. The molecule has 1 aromatic heterocycles. The van der Waals surface area contributed by atoms with Crippen LogP contribution in [0.25, 0.3) is 0 Å². The number of nitrogens with one attached hydrogen (secondary N) is 2. The minimum atomic E-state index is -0.695. The average Bonchev–Trinajstić information content (AvgIpc) is 2.97. The fourth-order valence-electron chi connectivity index (χ4n) is 3.21. The number of furan rings is 1. The van der Waals surface area contributed by atoms with Gasteiger partial charge in [0.1, 0.15) is 11.9 Å². The maximum atomic E-state index is 12.1. The molecule has 5 unspecified atom stereocenters. The van der Waals surface area contributed by atoms with Crippen LogP contribution in [-0.4, -0.2) is 23.2 Å². The average molecular weight is 308 g/mol. The molecule has 0 saturated heterocycles. The molecule has 5 atom stereocenters. The minimum absolute atomic E-state index is 0.128. The van der Waals surface area contributed by atoms with Crippen LogP contribution in [-0.2, 0) is 0 Å². The lowest BCUT2D eigenvalue weighted by Gasteiger charge is -2.34. The lowest BCUT2D eigenvalue weighted by Crippen LogP contribution is -2.49. The first-order chi connectivity index (χ1) is 10.5. The number of aliphatic hydroxyl groups excluding tert-OH is 1. The molecule has 0 aliphatic heterocycles. The summed E-state index contributed by atoms with van der Waals surface area (Å²) in [4.78, 5) is 12.1. The van der Waals surface area contributed by atoms with Crippen LogP contribution in [0.5, 0.6) is 0 Å². The first-order valence-electron chi connectivity index (χ1n) is 8.26. The van der Waals surface area contributed by atoms with Crippen LogP contribution >= 0.6 is 0 Å². The van der Waals surface area contributed by atoms with E-state index in [1.807, 2.05) is 6.92 Å². The van der Waals surface area contributed by atoms with Gasteiger partial charge in [-0.2, -0.15) is 0 Å². The van der Waals surface area contributed by atoms with E-state index in [0.29, 0.717) is 24.0 Å². The van der Waals surface area contributed by atoms with Crippen LogP contribution in [0.3, 0.4) is 0 Å². The maximum absolute atomic E-state index is 12.1. The molecular weight excluding hydrogens is 280 g/mol. The molecule has 0 bridgehead atoms. The van der Waals surface area contributed by atoms with E-state index < -0.39 is 6.10 Å². The lowest BCUT2D eigenvalue weighted by atomic mass is 9.78. The van der Waals surface area contributed by atoms with E-state index in [1.54, 1.807) is 12.1 Å². The predicted molar refractivity (Wildman–Crippen MR) is 85.4 cm³/mol. The van der Waals surface area contributed by atoms with Crippen molar-refractivity contribution in [3.8, 4) is 0 Å². The van der Waals surface area contributed by atoms with Gasteiger partial charge in [-0.25, -0.2) is 4.79 Å². The van der Waals surface area contributed by atoms with E-state index in [9.17, 15) is 9.90 Å². The number of carbonyl (C=O) groups excluding carboxylic acids is 1. The van der Waals surface area contributed by atoms with E-state index in [2.05, 4.69) is 24.5 Å². The van der Waals surface area contributed by atoms with E-state index in [0.717, 1.165) is 6.42 Å². The van der Waals surface area contributed by atoms with E-state index in [4.69, 9.17) is 4.42 Å². The van der Waals surface area contributed by atoms with Gasteiger partial charge < -0.3 is 20.2 Å². The highest BCUT2D eigenvalue weighted by Gasteiger charge is 2.28. The molecule has 1 aliphatic carbocycles. The summed E-state index contributed by atoms with van der Waals surface area (Å²) < 4.78 is 5.17. The summed E-state index contributed by atoms with van der Waals surface area (Å²) in [5.41, 5.74) is 0. The molecule has 1 saturated carbocycles. The fraction of sp³-hybridized carbons (Fsp3) is 0.706. The number of hydrogen-bond donors (Lipinski definition) is 3. The number of urea groups is 1. The topological polar surface area (TPSA) is 74.5 Å². The SMILES string of the molecule is CC(CC(O)c1ccco1)NC(=O)NC1CCCC(C)C1C. The summed E-state index contributed by atoms with van der Waals surface area (Å²) in [6, 6.07) is 3.45. The summed E-state index contributed by atoms with van der Waals surface area (Å²) in [6.45, 7) is 6.34. The molecule has 0 aromatic carbocycles. The molecule has 2 rings (SSSR count). The Hall–Kier alpha value is -1.49. The summed E-state index contributed by atoms with van der Waals surface area (Å²) in [5, 5.41) is 16.0. The molecule has 2 amide bonds. The monoisotopic (exact) mass is 308 g/mol. The van der Waals surface area contributed by atoms with Crippen LogP contribution in [0.1, 0.15) is 58.3 Å². The summed E-state index contributed by atoms with van der Waals surface area (Å²) in [6.07, 6.45) is 4.73. The number of hydrogen-bond acceptors (Lipinski definition) is 3. The number of aliphatic hydroxyl groups is 1. The molecule has 124 valence electrons.